The van der Waals surface area contributed by atoms with E-state index in [2.05, 4.69) is 5.32 Å². The second-order valence-electron chi connectivity index (χ2n) is 3.89. The van der Waals surface area contributed by atoms with Gasteiger partial charge in [0.1, 0.15) is 18.8 Å². The maximum atomic E-state index is 12.8. The lowest BCUT2D eigenvalue weighted by molar-refractivity contribution is -0.147. The Hall–Kier alpha value is -1.42. The van der Waals surface area contributed by atoms with Gasteiger partial charge in [0, 0.05) is 13.0 Å². The molecule has 2 rings (SSSR count). The Morgan fingerprint density at radius 2 is 2.19 bits per heavy atom. The summed E-state index contributed by atoms with van der Waals surface area (Å²) in [5.74, 6) is -0.371. The number of carbonyl (C=O) groups excluding carboxylic acids is 1. The highest BCUT2D eigenvalue weighted by Crippen LogP contribution is 2.12. The van der Waals surface area contributed by atoms with Crippen molar-refractivity contribution >= 4 is 5.97 Å². The van der Waals surface area contributed by atoms with Gasteiger partial charge in [0.15, 0.2) is 0 Å². The Kier molecular flexibility index (Phi) is 3.51. The first kappa shape index (κ1) is 11.1. The molecule has 4 heteroatoms. The van der Waals surface area contributed by atoms with Gasteiger partial charge in [-0.3, -0.25) is 4.79 Å². The third kappa shape index (κ3) is 2.79. The molecule has 1 aromatic rings. The molecule has 0 aliphatic carbocycles. The molecule has 1 aromatic carbocycles. The van der Waals surface area contributed by atoms with Crippen LogP contribution < -0.4 is 5.32 Å². The van der Waals surface area contributed by atoms with Crippen LogP contribution in [-0.2, 0) is 16.1 Å². The quantitative estimate of drug-likeness (QED) is 0.788. The summed E-state index contributed by atoms with van der Waals surface area (Å²) in [5, 5.41) is 2.79. The van der Waals surface area contributed by atoms with Crippen LogP contribution in [0.1, 0.15) is 12.0 Å². The highest BCUT2D eigenvalue weighted by molar-refractivity contribution is 5.76. The lowest BCUT2D eigenvalue weighted by atomic mass is 10.2. The fourth-order valence-corrected chi connectivity index (χ4v) is 1.70. The molecule has 0 amide bonds. The minimum absolute atomic E-state index is 0.216. The smallest absolute Gasteiger partial charge is 0.323 e. The first-order chi connectivity index (χ1) is 7.75. The van der Waals surface area contributed by atoms with Gasteiger partial charge in [-0.05, 0) is 5.56 Å². The number of alkyl halides is 1. The molecule has 0 saturated carbocycles. The van der Waals surface area contributed by atoms with E-state index >= 15 is 0 Å². The normalized spacial score (nSPS) is 24.3. The van der Waals surface area contributed by atoms with Crippen LogP contribution in [0.5, 0.6) is 0 Å². The SMILES string of the molecule is O=C(OCc1ccccc1)C1C[C@H](F)CN1. The number of nitrogens with one attached hydrogen (secondary N) is 1. The van der Waals surface area contributed by atoms with E-state index in [4.69, 9.17) is 4.74 Å². The zero-order valence-electron chi connectivity index (χ0n) is 8.86. The minimum Gasteiger partial charge on any atom is -0.460 e. The van der Waals surface area contributed by atoms with Gasteiger partial charge in [0.25, 0.3) is 0 Å². The second kappa shape index (κ2) is 5.07. The van der Waals surface area contributed by atoms with E-state index in [0.29, 0.717) is 0 Å². The molecule has 1 aliphatic heterocycles. The van der Waals surface area contributed by atoms with Crippen LogP contribution in [-0.4, -0.2) is 24.7 Å². The lowest BCUT2D eigenvalue weighted by Crippen LogP contribution is -2.32. The van der Waals surface area contributed by atoms with Crippen molar-refractivity contribution < 1.29 is 13.9 Å². The first-order valence-corrected chi connectivity index (χ1v) is 5.34. The fourth-order valence-electron chi connectivity index (χ4n) is 1.70. The molecule has 0 bridgehead atoms. The molecule has 1 aliphatic rings. The average Bonchev–Trinajstić information content (AvgIpc) is 2.74. The van der Waals surface area contributed by atoms with E-state index in [1.165, 1.54) is 0 Å². The Morgan fingerprint density at radius 3 is 2.81 bits per heavy atom. The predicted molar refractivity (Wildman–Crippen MR) is 57.5 cm³/mol. The number of esters is 1. The highest BCUT2D eigenvalue weighted by Gasteiger charge is 2.30. The average molecular weight is 223 g/mol. The summed E-state index contributed by atoms with van der Waals surface area (Å²) in [6.45, 7) is 0.486. The molecule has 2 atom stereocenters. The summed E-state index contributed by atoms with van der Waals surface area (Å²) in [6.07, 6.45) is -0.720. The Balaban J connectivity index is 1.80. The number of carbonyl (C=O) groups is 1. The molecule has 16 heavy (non-hydrogen) atoms. The second-order valence-corrected chi connectivity index (χ2v) is 3.89. The minimum atomic E-state index is -0.936. The molecular weight excluding hydrogens is 209 g/mol. The summed E-state index contributed by atoms with van der Waals surface area (Å²) in [4.78, 5) is 11.5. The van der Waals surface area contributed by atoms with E-state index < -0.39 is 12.2 Å². The number of halogens is 1. The van der Waals surface area contributed by atoms with E-state index in [9.17, 15) is 9.18 Å². The molecule has 1 fully saturated rings. The Labute approximate surface area is 93.6 Å². The van der Waals surface area contributed by atoms with E-state index in [-0.39, 0.29) is 25.5 Å². The van der Waals surface area contributed by atoms with Gasteiger partial charge in [-0.15, -0.1) is 0 Å². The van der Waals surface area contributed by atoms with Gasteiger partial charge in [-0.1, -0.05) is 30.3 Å². The maximum absolute atomic E-state index is 12.8. The zero-order chi connectivity index (χ0) is 11.4. The summed E-state index contributed by atoms with van der Waals surface area (Å²) in [6, 6.07) is 8.94. The van der Waals surface area contributed by atoms with Crippen molar-refractivity contribution in [1.82, 2.24) is 5.32 Å². The lowest BCUT2D eigenvalue weighted by Gasteiger charge is -2.09. The van der Waals surface area contributed by atoms with Gasteiger partial charge >= 0.3 is 5.97 Å². The van der Waals surface area contributed by atoms with Crippen LogP contribution in [0.15, 0.2) is 30.3 Å². The summed E-state index contributed by atoms with van der Waals surface area (Å²) < 4.78 is 17.9. The van der Waals surface area contributed by atoms with Crippen molar-refractivity contribution in [2.45, 2.75) is 25.2 Å². The number of rotatable bonds is 3. The molecule has 86 valence electrons. The van der Waals surface area contributed by atoms with E-state index in [0.717, 1.165) is 5.56 Å². The highest BCUT2D eigenvalue weighted by atomic mass is 19.1. The standard InChI is InChI=1S/C12H14FNO2/c13-10-6-11(14-7-10)12(15)16-8-9-4-2-1-3-5-9/h1-5,10-11,14H,6-8H2/t10-,11?/m0/s1. The Morgan fingerprint density at radius 1 is 1.44 bits per heavy atom. The van der Waals surface area contributed by atoms with Crippen LogP contribution >= 0.6 is 0 Å². The number of hydrogen-bond acceptors (Lipinski definition) is 3. The van der Waals surface area contributed by atoms with Crippen LogP contribution in [0.2, 0.25) is 0 Å². The molecule has 1 unspecified atom stereocenters. The Bertz CT molecular complexity index is 355. The molecular formula is C12H14FNO2. The van der Waals surface area contributed by atoms with Gasteiger partial charge in [-0.25, -0.2) is 4.39 Å². The monoisotopic (exact) mass is 223 g/mol. The summed E-state index contributed by atoms with van der Waals surface area (Å²) in [7, 11) is 0. The third-order valence-corrected chi connectivity index (χ3v) is 2.59. The fraction of sp³-hybridized carbons (Fsp3) is 0.417. The van der Waals surface area contributed by atoms with Crippen molar-refractivity contribution in [3.05, 3.63) is 35.9 Å². The molecule has 0 aromatic heterocycles. The van der Waals surface area contributed by atoms with Gasteiger partial charge in [-0.2, -0.15) is 0 Å². The summed E-state index contributed by atoms with van der Waals surface area (Å²) in [5.41, 5.74) is 0.936. The van der Waals surface area contributed by atoms with Crippen LogP contribution in [0.3, 0.4) is 0 Å². The number of benzene rings is 1. The van der Waals surface area contributed by atoms with Gasteiger partial charge in [0.05, 0.1) is 0 Å². The largest absolute Gasteiger partial charge is 0.460 e. The molecule has 0 radical (unpaired) electrons. The van der Waals surface area contributed by atoms with Gasteiger partial charge < -0.3 is 10.1 Å². The van der Waals surface area contributed by atoms with Crippen LogP contribution in [0.25, 0.3) is 0 Å². The van der Waals surface area contributed by atoms with Gasteiger partial charge in [0.2, 0.25) is 0 Å². The topological polar surface area (TPSA) is 38.3 Å². The van der Waals surface area contributed by atoms with Crippen molar-refractivity contribution in [3.63, 3.8) is 0 Å². The number of hydrogen-bond donors (Lipinski definition) is 1. The first-order valence-electron chi connectivity index (χ1n) is 5.34. The molecule has 1 saturated heterocycles. The van der Waals surface area contributed by atoms with Crippen molar-refractivity contribution in [2.75, 3.05) is 6.54 Å². The number of ether oxygens (including phenoxy) is 1. The van der Waals surface area contributed by atoms with Crippen LogP contribution in [0.4, 0.5) is 4.39 Å². The molecule has 1 N–H and O–H groups in total. The molecule has 1 heterocycles. The third-order valence-electron chi connectivity index (χ3n) is 2.59. The maximum Gasteiger partial charge on any atom is 0.323 e. The van der Waals surface area contributed by atoms with Crippen molar-refractivity contribution in [3.8, 4) is 0 Å². The van der Waals surface area contributed by atoms with Crippen molar-refractivity contribution in [2.24, 2.45) is 0 Å². The predicted octanol–water partition coefficient (Wildman–Crippen LogP) is 1.43. The van der Waals surface area contributed by atoms with Crippen molar-refractivity contribution in [1.29, 1.82) is 0 Å². The van der Waals surface area contributed by atoms with Crippen LogP contribution in [0, 0.1) is 0 Å². The van der Waals surface area contributed by atoms with E-state index in [1.807, 2.05) is 30.3 Å². The zero-order valence-corrected chi connectivity index (χ0v) is 8.86. The summed E-state index contributed by atoms with van der Waals surface area (Å²) >= 11 is 0. The van der Waals surface area contributed by atoms with E-state index in [1.54, 1.807) is 0 Å². The molecule has 3 nitrogen and oxygen atoms in total. The molecule has 0 spiro atoms.